The molecule has 2 unspecified atom stereocenters. The van der Waals surface area contributed by atoms with Gasteiger partial charge in [0.2, 0.25) is 0 Å². The average molecular weight is 410 g/mol. The third kappa shape index (κ3) is 3.15. The minimum absolute atomic E-state index is 0.0387. The maximum absolute atomic E-state index is 12.2. The van der Waals surface area contributed by atoms with Crippen LogP contribution >= 0.6 is 0 Å². The van der Waals surface area contributed by atoms with Crippen LogP contribution in [0.25, 0.3) is 0 Å². The fraction of sp³-hybridized carbons (Fsp3) is 0.720. The topological polar surface area (TPSA) is 44.8 Å². The first-order chi connectivity index (χ1) is 14.1. The van der Waals surface area contributed by atoms with Gasteiger partial charge in [0, 0.05) is 0 Å². The molecule has 1 saturated heterocycles. The maximum Gasteiger partial charge on any atom is 0.494 e. The Labute approximate surface area is 181 Å². The molecule has 2 atom stereocenters. The monoisotopic (exact) mass is 410 g/mol. The molecular weight excluding hydrogens is 375 g/mol. The van der Waals surface area contributed by atoms with Crippen LogP contribution in [0.15, 0.2) is 24.3 Å². The summed E-state index contributed by atoms with van der Waals surface area (Å²) >= 11 is 0. The Balaban J connectivity index is 1.40. The fourth-order valence-electron chi connectivity index (χ4n) is 7.35. The largest absolute Gasteiger partial charge is 0.494 e. The van der Waals surface area contributed by atoms with E-state index in [2.05, 4.69) is 52.0 Å². The zero-order chi connectivity index (χ0) is 21.4. The molecule has 4 bridgehead atoms. The van der Waals surface area contributed by atoms with E-state index >= 15 is 0 Å². The number of hydrogen-bond donors (Lipinski definition) is 0. The summed E-state index contributed by atoms with van der Waals surface area (Å²) in [6, 6.07) is 9.00. The van der Waals surface area contributed by atoms with Crippen molar-refractivity contribution in [2.45, 2.75) is 89.3 Å². The van der Waals surface area contributed by atoms with Crippen LogP contribution < -0.4 is 5.46 Å². The van der Waals surface area contributed by atoms with E-state index in [1.165, 1.54) is 44.8 Å². The predicted molar refractivity (Wildman–Crippen MR) is 118 cm³/mol. The third-order valence-corrected chi connectivity index (χ3v) is 8.98. The fourth-order valence-corrected chi connectivity index (χ4v) is 7.35. The minimum Gasteiger partial charge on any atom is -0.469 e. The molecule has 5 heteroatoms. The molecule has 1 heterocycles. The number of esters is 1. The van der Waals surface area contributed by atoms with Crippen molar-refractivity contribution in [2.75, 3.05) is 7.11 Å². The van der Waals surface area contributed by atoms with Crippen molar-refractivity contribution in [3.05, 3.63) is 29.8 Å². The van der Waals surface area contributed by atoms with Crippen LogP contribution in [0.3, 0.4) is 0 Å². The van der Waals surface area contributed by atoms with Crippen LogP contribution in [-0.2, 0) is 24.3 Å². The molecule has 1 aromatic rings. The van der Waals surface area contributed by atoms with Gasteiger partial charge in [-0.3, -0.25) is 4.79 Å². The molecule has 6 rings (SSSR count). The van der Waals surface area contributed by atoms with Crippen LogP contribution in [0.1, 0.15) is 78.2 Å². The van der Waals surface area contributed by atoms with Gasteiger partial charge in [-0.1, -0.05) is 24.3 Å². The summed E-state index contributed by atoms with van der Waals surface area (Å²) in [6.07, 6.45) is 7.99. The van der Waals surface area contributed by atoms with Gasteiger partial charge < -0.3 is 14.0 Å². The molecule has 4 aliphatic carbocycles. The molecule has 162 valence electrons. The molecular formula is C25H35BO4. The van der Waals surface area contributed by atoms with Crippen molar-refractivity contribution < 1.29 is 18.8 Å². The third-order valence-electron chi connectivity index (χ3n) is 8.98. The summed E-state index contributed by atoms with van der Waals surface area (Å²) in [7, 11) is 1.21. The van der Waals surface area contributed by atoms with Crippen molar-refractivity contribution in [2.24, 2.45) is 17.3 Å². The predicted octanol–water partition coefficient (Wildman–Crippen LogP) is 4.39. The maximum atomic E-state index is 12.2. The van der Waals surface area contributed by atoms with Crippen molar-refractivity contribution >= 4 is 18.6 Å². The summed E-state index contributed by atoms with van der Waals surface area (Å²) in [5, 5.41) is 0. The summed E-state index contributed by atoms with van der Waals surface area (Å²) in [6.45, 7) is 8.38. The SMILES string of the molecule is COC(=O)CC12CC3CC(C1)CC(c1ccc(B4OC(C)(C)C(C)(C)O4)cc1)(C3)C2. The molecule has 0 amide bonds. The molecule has 0 spiro atoms. The molecule has 5 fully saturated rings. The second-order valence-corrected chi connectivity index (χ2v) is 11.7. The smallest absolute Gasteiger partial charge is 0.469 e. The van der Waals surface area contributed by atoms with Gasteiger partial charge in [-0.05, 0) is 99.9 Å². The number of benzene rings is 1. The first kappa shape index (κ1) is 20.6. The normalized spacial score (nSPS) is 38.1. The van der Waals surface area contributed by atoms with E-state index in [9.17, 15) is 4.79 Å². The van der Waals surface area contributed by atoms with E-state index in [-0.39, 0.29) is 35.1 Å². The summed E-state index contributed by atoms with van der Waals surface area (Å²) in [5.74, 6) is 1.46. The second-order valence-electron chi connectivity index (χ2n) is 11.7. The van der Waals surface area contributed by atoms with E-state index in [1.54, 1.807) is 0 Å². The van der Waals surface area contributed by atoms with Crippen LogP contribution in [0.5, 0.6) is 0 Å². The van der Waals surface area contributed by atoms with E-state index in [0.29, 0.717) is 6.42 Å². The molecule has 0 radical (unpaired) electrons. The number of carbonyl (C=O) groups is 1. The summed E-state index contributed by atoms with van der Waals surface area (Å²) in [5.41, 5.74) is 2.23. The average Bonchev–Trinajstić information content (AvgIpc) is 2.88. The van der Waals surface area contributed by atoms with Gasteiger partial charge in [0.25, 0.3) is 0 Å². The Morgan fingerprint density at radius 1 is 1.00 bits per heavy atom. The van der Waals surface area contributed by atoms with Gasteiger partial charge in [-0.15, -0.1) is 0 Å². The van der Waals surface area contributed by atoms with E-state index < -0.39 is 0 Å². The second kappa shape index (κ2) is 6.59. The molecule has 1 aromatic carbocycles. The lowest BCUT2D eigenvalue weighted by Crippen LogP contribution is -2.54. The van der Waals surface area contributed by atoms with E-state index in [4.69, 9.17) is 14.0 Å². The number of hydrogen-bond acceptors (Lipinski definition) is 4. The molecule has 1 aliphatic heterocycles. The molecule has 0 N–H and O–H groups in total. The highest BCUT2D eigenvalue weighted by Gasteiger charge is 2.58. The number of ether oxygens (including phenoxy) is 1. The molecule has 4 nitrogen and oxygen atoms in total. The van der Waals surface area contributed by atoms with Crippen molar-refractivity contribution in [1.82, 2.24) is 0 Å². The van der Waals surface area contributed by atoms with Gasteiger partial charge in [-0.2, -0.15) is 0 Å². The molecule has 5 aliphatic rings. The lowest BCUT2D eigenvalue weighted by atomic mass is 9.42. The van der Waals surface area contributed by atoms with Crippen molar-refractivity contribution in [3.63, 3.8) is 0 Å². The number of methoxy groups -OCH3 is 1. The summed E-state index contributed by atoms with van der Waals surface area (Å²) in [4.78, 5) is 12.2. The Kier molecular flexibility index (Phi) is 4.52. The Morgan fingerprint density at radius 3 is 2.10 bits per heavy atom. The quantitative estimate of drug-likeness (QED) is 0.546. The van der Waals surface area contributed by atoms with Crippen LogP contribution in [0.2, 0.25) is 0 Å². The molecule has 30 heavy (non-hydrogen) atoms. The zero-order valence-electron chi connectivity index (χ0n) is 19.1. The van der Waals surface area contributed by atoms with E-state index in [1.807, 2.05) is 0 Å². The Bertz CT molecular complexity index is 813. The highest BCUT2D eigenvalue weighted by Crippen LogP contribution is 2.66. The highest BCUT2D eigenvalue weighted by molar-refractivity contribution is 6.62. The first-order valence-electron chi connectivity index (χ1n) is 11.6. The molecule has 0 aromatic heterocycles. The Hall–Kier alpha value is -1.33. The minimum atomic E-state index is -0.323. The lowest BCUT2D eigenvalue weighted by Gasteiger charge is -2.62. The van der Waals surface area contributed by atoms with Crippen LogP contribution in [0, 0.1) is 17.3 Å². The number of rotatable bonds is 4. The van der Waals surface area contributed by atoms with Gasteiger partial charge >= 0.3 is 13.1 Å². The van der Waals surface area contributed by atoms with Gasteiger partial charge in [-0.25, -0.2) is 0 Å². The Morgan fingerprint density at radius 2 is 1.57 bits per heavy atom. The molecule has 4 saturated carbocycles. The highest BCUT2D eigenvalue weighted by atomic mass is 16.7. The van der Waals surface area contributed by atoms with E-state index in [0.717, 1.165) is 23.7 Å². The van der Waals surface area contributed by atoms with Crippen molar-refractivity contribution in [1.29, 1.82) is 0 Å². The van der Waals surface area contributed by atoms with Gasteiger partial charge in [0.15, 0.2) is 0 Å². The van der Waals surface area contributed by atoms with Crippen LogP contribution in [0.4, 0.5) is 0 Å². The van der Waals surface area contributed by atoms with Gasteiger partial charge in [0.1, 0.15) is 0 Å². The van der Waals surface area contributed by atoms with Gasteiger partial charge in [0.05, 0.1) is 24.7 Å². The lowest BCUT2D eigenvalue weighted by molar-refractivity contribution is -0.150. The standard InChI is InChI=1S/C25H35BO4/c1-22(2)23(3,4)30-26(29-22)20-8-6-19(7-9-20)25-13-17-10-18(14-25)12-24(11-17,16-25)15-21(27)28-5/h6-9,17-18H,10-16H2,1-5H3. The number of carbonyl (C=O) groups excluding carboxylic acids is 1. The zero-order valence-corrected chi connectivity index (χ0v) is 19.1. The first-order valence-corrected chi connectivity index (χ1v) is 11.6. The van der Waals surface area contributed by atoms with Crippen molar-refractivity contribution in [3.8, 4) is 0 Å². The summed E-state index contributed by atoms with van der Waals surface area (Å²) < 4.78 is 17.5. The van der Waals surface area contributed by atoms with Crippen LogP contribution in [-0.4, -0.2) is 31.4 Å².